The Kier molecular flexibility index (Phi) is 6.81. The number of nitrogens with one attached hydrogen (secondary N) is 1. The molecule has 0 radical (unpaired) electrons. The Morgan fingerprint density at radius 1 is 1.11 bits per heavy atom. The Morgan fingerprint density at radius 2 is 1.83 bits per heavy atom. The average molecular weight is 479 g/mol. The number of carbonyl (C=O) groups excluding carboxylic acids is 3. The summed E-state index contributed by atoms with van der Waals surface area (Å²) in [5.74, 6) is -1.48. The number of carbonyl (C=O) groups is 3. The van der Waals surface area contributed by atoms with Gasteiger partial charge >= 0.3 is 0 Å². The van der Waals surface area contributed by atoms with E-state index in [9.17, 15) is 18.8 Å². The average Bonchev–Trinajstić information content (AvgIpc) is 3.45. The molecule has 0 fully saturated rings. The van der Waals surface area contributed by atoms with Crippen molar-refractivity contribution in [3.63, 3.8) is 0 Å². The molecular weight excluding hydrogens is 451 g/mol. The van der Waals surface area contributed by atoms with E-state index in [0.29, 0.717) is 24.5 Å². The van der Waals surface area contributed by atoms with Crippen LogP contribution in [-0.4, -0.2) is 52.0 Å². The van der Waals surface area contributed by atoms with E-state index in [-0.39, 0.29) is 24.6 Å². The zero-order valence-electron chi connectivity index (χ0n) is 19.6. The first-order valence-corrected chi connectivity index (χ1v) is 11.4. The molecule has 3 aromatic rings. The van der Waals surface area contributed by atoms with E-state index in [2.05, 4.69) is 10.4 Å². The molecule has 3 N–H and O–H groups in total. The molecule has 10 heteroatoms. The van der Waals surface area contributed by atoms with Gasteiger partial charge in [-0.1, -0.05) is 0 Å². The monoisotopic (exact) mass is 478 g/mol. The van der Waals surface area contributed by atoms with Gasteiger partial charge in [0.2, 0.25) is 11.8 Å². The third kappa shape index (κ3) is 5.01. The molecule has 0 saturated heterocycles. The van der Waals surface area contributed by atoms with Crippen LogP contribution in [-0.2, 0) is 20.9 Å². The first-order chi connectivity index (χ1) is 16.8. The second-order valence-corrected chi connectivity index (χ2v) is 8.23. The molecule has 0 spiro atoms. The molecule has 1 aliphatic rings. The smallest absolute Gasteiger partial charge is 0.271 e. The number of anilines is 2. The van der Waals surface area contributed by atoms with E-state index >= 15 is 0 Å². The van der Waals surface area contributed by atoms with Crippen molar-refractivity contribution < 1.29 is 18.8 Å². The van der Waals surface area contributed by atoms with Crippen LogP contribution in [0.4, 0.5) is 15.8 Å². The highest BCUT2D eigenvalue weighted by Crippen LogP contribution is 2.26. The number of hydrogen-bond acceptors (Lipinski definition) is 5. The topological polar surface area (TPSA) is 113 Å². The van der Waals surface area contributed by atoms with Crippen molar-refractivity contribution in [1.29, 1.82) is 0 Å². The van der Waals surface area contributed by atoms with Gasteiger partial charge in [-0.2, -0.15) is 5.10 Å². The number of nitrogens with zero attached hydrogens (tertiary/aromatic N) is 4. The second kappa shape index (κ2) is 9.96. The lowest BCUT2D eigenvalue weighted by Gasteiger charge is -2.20. The highest BCUT2D eigenvalue weighted by Gasteiger charge is 2.35. The van der Waals surface area contributed by atoms with Crippen molar-refractivity contribution in [1.82, 2.24) is 9.47 Å². The fraction of sp³-hybridized carbons (Fsp3) is 0.280. The summed E-state index contributed by atoms with van der Waals surface area (Å²) < 4.78 is 15.2. The summed E-state index contributed by atoms with van der Waals surface area (Å²) in [4.78, 5) is 39.1. The van der Waals surface area contributed by atoms with E-state index in [0.717, 1.165) is 10.9 Å². The van der Waals surface area contributed by atoms with Crippen LogP contribution >= 0.6 is 0 Å². The van der Waals surface area contributed by atoms with Crippen LogP contribution in [0.5, 0.6) is 0 Å². The number of likely N-dealkylation sites (N-methyl/N-ethyl adjacent to an activating group) is 1. The molecule has 35 heavy (non-hydrogen) atoms. The number of hydrogen-bond donors (Lipinski definition) is 2. The quantitative estimate of drug-likeness (QED) is 0.518. The third-order valence-electron chi connectivity index (χ3n) is 6.04. The highest BCUT2D eigenvalue weighted by molar-refractivity contribution is 6.44. The minimum atomic E-state index is -0.846. The number of fused-ring (bicyclic) bond motifs is 1. The number of aromatic nitrogens is 1. The van der Waals surface area contributed by atoms with Crippen LogP contribution in [0.2, 0.25) is 0 Å². The van der Waals surface area contributed by atoms with E-state index < -0.39 is 23.7 Å². The Labute approximate surface area is 202 Å². The van der Waals surface area contributed by atoms with Gasteiger partial charge in [0.15, 0.2) is 0 Å². The van der Waals surface area contributed by atoms with Crippen molar-refractivity contribution in [2.45, 2.75) is 32.9 Å². The maximum absolute atomic E-state index is 13.3. The standard InChI is InChI=1S/C25H27FN6O3/c1-3-30(4-2)23(33)15-31-12-11-16-13-18(7-10-21(16)31)28-25(35)20-14-22(24(27)34)32(29-20)19-8-5-17(26)6-9-19/h5-13,22H,3-4,14-15H2,1-2H3,(H2,27,34)(H,28,35). The molecule has 3 amide bonds. The first-order valence-electron chi connectivity index (χ1n) is 11.4. The van der Waals surface area contributed by atoms with E-state index in [1.54, 1.807) is 11.0 Å². The van der Waals surface area contributed by atoms with Crippen LogP contribution in [0.25, 0.3) is 10.9 Å². The van der Waals surface area contributed by atoms with Crippen molar-refractivity contribution >= 4 is 45.7 Å². The molecule has 1 unspecified atom stereocenters. The number of benzene rings is 2. The summed E-state index contributed by atoms with van der Waals surface area (Å²) in [5.41, 5.74) is 7.54. The Bertz CT molecular complexity index is 1300. The van der Waals surface area contributed by atoms with Gasteiger partial charge in [0.25, 0.3) is 5.91 Å². The lowest BCUT2D eigenvalue weighted by molar-refractivity contribution is -0.131. The van der Waals surface area contributed by atoms with Crippen molar-refractivity contribution in [2.75, 3.05) is 23.4 Å². The summed E-state index contributed by atoms with van der Waals surface area (Å²) in [5, 5.41) is 9.30. The Balaban J connectivity index is 1.50. The zero-order chi connectivity index (χ0) is 25.1. The van der Waals surface area contributed by atoms with Crippen LogP contribution in [0.3, 0.4) is 0 Å². The molecule has 0 bridgehead atoms. The highest BCUT2D eigenvalue weighted by atomic mass is 19.1. The largest absolute Gasteiger partial charge is 0.368 e. The molecule has 1 aromatic heterocycles. The first kappa shape index (κ1) is 23.9. The van der Waals surface area contributed by atoms with Gasteiger partial charge in [0.1, 0.15) is 24.1 Å². The molecule has 2 heterocycles. The molecule has 2 aromatic carbocycles. The maximum Gasteiger partial charge on any atom is 0.271 e. The Hall–Kier alpha value is -4.21. The molecule has 0 aliphatic carbocycles. The zero-order valence-corrected chi connectivity index (χ0v) is 19.6. The van der Waals surface area contributed by atoms with Gasteiger partial charge in [-0.3, -0.25) is 19.4 Å². The number of primary amides is 1. The van der Waals surface area contributed by atoms with Crippen LogP contribution in [0.1, 0.15) is 20.3 Å². The molecule has 4 rings (SSSR count). The number of amides is 3. The van der Waals surface area contributed by atoms with E-state index in [1.165, 1.54) is 29.3 Å². The molecule has 0 saturated carbocycles. The van der Waals surface area contributed by atoms with Crippen LogP contribution in [0, 0.1) is 5.82 Å². The van der Waals surface area contributed by atoms with Crippen LogP contribution < -0.4 is 16.1 Å². The minimum absolute atomic E-state index is 0.0324. The fourth-order valence-corrected chi connectivity index (χ4v) is 4.14. The SMILES string of the molecule is CCN(CC)C(=O)Cn1ccc2cc(NC(=O)C3=NN(c4ccc(F)cc4)C(C(N)=O)C3)ccc21. The lowest BCUT2D eigenvalue weighted by atomic mass is 10.1. The Morgan fingerprint density at radius 3 is 2.49 bits per heavy atom. The lowest BCUT2D eigenvalue weighted by Crippen LogP contribution is -2.39. The molecular formula is C25H27FN6O3. The van der Waals surface area contributed by atoms with Crippen molar-refractivity contribution in [3.8, 4) is 0 Å². The summed E-state index contributed by atoms with van der Waals surface area (Å²) in [6.45, 7) is 5.45. The van der Waals surface area contributed by atoms with Gasteiger partial charge in [0, 0.05) is 42.3 Å². The molecule has 9 nitrogen and oxygen atoms in total. The van der Waals surface area contributed by atoms with Gasteiger partial charge in [-0.25, -0.2) is 4.39 Å². The minimum Gasteiger partial charge on any atom is -0.368 e. The predicted molar refractivity (Wildman–Crippen MR) is 132 cm³/mol. The summed E-state index contributed by atoms with van der Waals surface area (Å²) in [7, 11) is 0. The second-order valence-electron chi connectivity index (χ2n) is 8.23. The number of rotatable bonds is 8. The molecule has 1 atom stereocenters. The fourth-order valence-electron chi connectivity index (χ4n) is 4.14. The summed E-state index contributed by atoms with van der Waals surface area (Å²) in [6, 6.07) is 11.9. The number of halogens is 1. The van der Waals surface area contributed by atoms with E-state index in [4.69, 9.17) is 5.73 Å². The molecule has 182 valence electrons. The maximum atomic E-state index is 13.3. The van der Waals surface area contributed by atoms with Crippen molar-refractivity contribution in [2.24, 2.45) is 10.8 Å². The van der Waals surface area contributed by atoms with Gasteiger partial charge in [-0.15, -0.1) is 0 Å². The summed E-state index contributed by atoms with van der Waals surface area (Å²) in [6.07, 6.45) is 1.88. The summed E-state index contributed by atoms with van der Waals surface area (Å²) >= 11 is 0. The number of hydrazone groups is 1. The van der Waals surface area contributed by atoms with Crippen molar-refractivity contribution in [3.05, 3.63) is 60.5 Å². The van der Waals surface area contributed by atoms with E-state index in [1.807, 2.05) is 42.8 Å². The third-order valence-corrected chi connectivity index (χ3v) is 6.04. The van der Waals surface area contributed by atoms with Gasteiger partial charge in [0.05, 0.1) is 5.69 Å². The predicted octanol–water partition coefficient (Wildman–Crippen LogP) is 2.71. The number of nitrogens with two attached hydrogens (primary N) is 1. The normalized spacial score (nSPS) is 15.2. The van der Waals surface area contributed by atoms with Crippen LogP contribution in [0.15, 0.2) is 59.8 Å². The van der Waals surface area contributed by atoms with Gasteiger partial charge < -0.3 is 20.5 Å². The van der Waals surface area contributed by atoms with Gasteiger partial charge in [-0.05, 0) is 62.4 Å². The molecule has 1 aliphatic heterocycles.